The molecule has 0 aliphatic carbocycles. The zero-order valence-electron chi connectivity index (χ0n) is 13.7. The van der Waals surface area contributed by atoms with Gasteiger partial charge in [-0.25, -0.2) is 0 Å². The molecular weight excluding hydrogens is 278 g/mol. The summed E-state index contributed by atoms with van der Waals surface area (Å²) in [5, 5.41) is 0.975. The second-order valence-electron chi connectivity index (χ2n) is 6.00. The highest BCUT2D eigenvalue weighted by atomic mass is 16.5. The van der Waals surface area contributed by atoms with Gasteiger partial charge in [0.2, 0.25) is 0 Å². The summed E-state index contributed by atoms with van der Waals surface area (Å²) in [6, 6.07) is 5.92. The number of rotatable bonds is 2. The lowest BCUT2D eigenvalue weighted by molar-refractivity contribution is 0.0665. The van der Waals surface area contributed by atoms with Gasteiger partial charge in [0.15, 0.2) is 0 Å². The summed E-state index contributed by atoms with van der Waals surface area (Å²) in [4.78, 5) is 17.2. The Morgan fingerprint density at radius 1 is 1.14 bits per heavy atom. The topological polar surface area (TPSA) is 37.7 Å². The SMILES string of the molecule is COc1ccc2c(c1)c(C(=O)N1CCN(C)CC1)c(C)n2C. The van der Waals surface area contributed by atoms with E-state index in [1.54, 1.807) is 7.11 Å². The summed E-state index contributed by atoms with van der Waals surface area (Å²) in [5.74, 6) is 0.912. The van der Waals surface area contributed by atoms with E-state index in [0.29, 0.717) is 0 Å². The van der Waals surface area contributed by atoms with Crippen molar-refractivity contribution in [1.82, 2.24) is 14.4 Å². The van der Waals surface area contributed by atoms with E-state index in [0.717, 1.165) is 54.1 Å². The number of hydrogen-bond acceptors (Lipinski definition) is 3. The monoisotopic (exact) mass is 301 g/mol. The molecule has 118 valence electrons. The molecule has 1 aliphatic heterocycles. The molecule has 22 heavy (non-hydrogen) atoms. The number of fused-ring (bicyclic) bond motifs is 1. The molecule has 1 aromatic carbocycles. The van der Waals surface area contributed by atoms with Gasteiger partial charge in [0, 0.05) is 49.8 Å². The van der Waals surface area contributed by atoms with Crippen molar-refractivity contribution in [3.63, 3.8) is 0 Å². The van der Waals surface area contributed by atoms with Crippen LogP contribution in [0, 0.1) is 6.92 Å². The van der Waals surface area contributed by atoms with E-state index in [1.165, 1.54) is 0 Å². The van der Waals surface area contributed by atoms with Crippen molar-refractivity contribution in [3.8, 4) is 5.75 Å². The van der Waals surface area contributed by atoms with Crippen LogP contribution >= 0.6 is 0 Å². The average Bonchev–Trinajstić information content (AvgIpc) is 2.78. The molecule has 1 fully saturated rings. The molecule has 0 bridgehead atoms. The maximum Gasteiger partial charge on any atom is 0.256 e. The lowest BCUT2D eigenvalue weighted by atomic mass is 10.1. The Morgan fingerprint density at radius 2 is 1.82 bits per heavy atom. The largest absolute Gasteiger partial charge is 0.497 e. The van der Waals surface area contributed by atoms with Crippen LogP contribution < -0.4 is 4.74 Å². The Morgan fingerprint density at radius 3 is 2.45 bits per heavy atom. The normalized spacial score (nSPS) is 16.3. The van der Waals surface area contributed by atoms with Gasteiger partial charge in [-0.2, -0.15) is 0 Å². The van der Waals surface area contributed by atoms with E-state index < -0.39 is 0 Å². The highest BCUT2D eigenvalue weighted by Gasteiger charge is 2.25. The number of nitrogens with zero attached hydrogens (tertiary/aromatic N) is 3. The van der Waals surface area contributed by atoms with Gasteiger partial charge in [-0.05, 0) is 32.2 Å². The van der Waals surface area contributed by atoms with Gasteiger partial charge < -0.3 is 19.1 Å². The summed E-state index contributed by atoms with van der Waals surface area (Å²) in [7, 11) is 5.75. The third-order valence-corrected chi connectivity index (χ3v) is 4.70. The zero-order chi connectivity index (χ0) is 15.9. The maximum absolute atomic E-state index is 13.0. The summed E-state index contributed by atoms with van der Waals surface area (Å²) in [6.45, 7) is 5.44. The molecule has 0 saturated carbocycles. The van der Waals surface area contributed by atoms with Crippen LogP contribution in [0.25, 0.3) is 10.9 Å². The van der Waals surface area contributed by atoms with Crippen molar-refractivity contribution in [1.29, 1.82) is 0 Å². The van der Waals surface area contributed by atoms with Crippen molar-refractivity contribution < 1.29 is 9.53 Å². The lowest BCUT2D eigenvalue weighted by Gasteiger charge is -2.32. The van der Waals surface area contributed by atoms with Gasteiger partial charge in [-0.15, -0.1) is 0 Å². The summed E-state index contributed by atoms with van der Waals surface area (Å²) in [5.41, 5.74) is 2.88. The summed E-state index contributed by atoms with van der Waals surface area (Å²) >= 11 is 0. The molecule has 0 N–H and O–H groups in total. The van der Waals surface area contributed by atoms with Gasteiger partial charge in [0.1, 0.15) is 5.75 Å². The fourth-order valence-corrected chi connectivity index (χ4v) is 3.12. The number of piperazine rings is 1. The number of methoxy groups -OCH3 is 1. The molecular formula is C17H23N3O2. The second kappa shape index (κ2) is 5.65. The van der Waals surface area contributed by atoms with E-state index >= 15 is 0 Å². The summed E-state index contributed by atoms with van der Waals surface area (Å²) in [6.07, 6.45) is 0. The number of carbonyl (C=O) groups is 1. The van der Waals surface area contributed by atoms with Crippen molar-refractivity contribution in [3.05, 3.63) is 29.5 Å². The van der Waals surface area contributed by atoms with Crippen LogP contribution in [0.3, 0.4) is 0 Å². The number of likely N-dealkylation sites (N-methyl/N-ethyl adjacent to an activating group) is 1. The molecule has 2 heterocycles. The van der Waals surface area contributed by atoms with Crippen molar-refractivity contribution in [2.24, 2.45) is 7.05 Å². The first-order valence-electron chi connectivity index (χ1n) is 7.63. The van der Waals surface area contributed by atoms with E-state index in [1.807, 2.05) is 37.1 Å². The summed E-state index contributed by atoms with van der Waals surface area (Å²) < 4.78 is 7.41. The molecule has 2 aromatic rings. The van der Waals surface area contributed by atoms with E-state index in [4.69, 9.17) is 4.74 Å². The second-order valence-corrected chi connectivity index (χ2v) is 6.00. The molecule has 1 aromatic heterocycles. The molecule has 0 radical (unpaired) electrons. The van der Waals surface area contributed by atoms with Crippen LogP contribution in [-0.4, -0.2) is 60.6 Å². The van der Waals surface area contributed by atoms with Gasteiger partial charge in [0.05, 0.1) is 12.7 Å². The molecule has 1 amide bonds. The van der Waals surface area contributed by atoms with E-state index in [2.05, 4.69) is 16.5 Å². The molecule has 0 unspecified atom stereocenters. The molecule has 1 saturated heterocycles. The molecule has 5 nitrogen and oxygen atoms in total. The van der Waals surface area contributed by atoms with Crippen LogP contribution in [0.15, 0.2) is 18.2 Å². The maximum atomic E-state index is 13.0. The van der Waals surface area contributed by atoms with Crippen LogP contribution in [0.5, 0.6) is 5.75 Å². The number of benzene rings is 1. The minimum absolute atomic E-state index is 0.129. The number of ether oxygens (including phenoxy) is 1. The first-order chi connectivity index (χ1) is 10.5. The highest BCUT2D eigenvalue weighted by molar-refractivity contribution is 6.08. The molecule has 5 heteroatoms. The van der Waals surface area contributed by atoms with Crippen LogP contribution in [0.4, 0.5) is 0 Å². The number of amides is 1. The zero-order valence-corrected chi connectivity index (χ0v) is 13.7. The van der Waals surface area contributed by atoms with E-state index in [-0.39, 0.29) is 5.91 Å². The Hall–Kier alpha value is -2.01. The van der Waals surface area contributed by atoms with Crippen LogP contribution in [0.1, 0.15) is 16.1 Å². The highest BCUT2D eigenvalue weighted by Crippen LogP contribution is 2.29. The van der Waals surface area contributed by atoms with Gasteiger partial charge >= 0.3 is 0 Å². The smallest absolute Gasteiger partial charge is 0.256 e. The first kappa shape index (κ1) is 14.9. The van der Waals surface area contributed by atoms with Crippen LogP contribution in [0.2, 0.25) is 0 Å². The predicted molar refractivity (Wildman–Crippen MR) is 87.6 cm³/mol. The minimum Gasteiger partial charge on any atom is -0.497 e. The van der Waals surface area contributed by atoms with Gasteiger partial charge in [0.25, 0.3) is 5.91 Å². The van der Waals surface area contributed by atoms with E-state index in [9.17, 15) is 4.79 Å². The lowest BCUT2D eigenvalue weighted by Crippen LogP contribution is -2.47. The number of hydrogen-bond donors (Lipinski definition) is 0. The standard InChI is InChI=1S/C17H23N3O2/c1-12-16(17(21)20-9-7-18(2)8-10-20)14-11-13(22-4)5-6-15(14)19(12)3/h5-6,11H,7-10H2,1-4H3. The fourth-order valence-electron chi connectivity index (χ4n) is 3.12. The molecule has 1 aliphatic rings. The van der Waals surface area contributed by atoms with Gasteiger partial charge in [-0.3, -0.25) is 4.79 Å². The Balaban J connectivity index is 2.05. The van der Waals surface area contributed by atoms with Crippen molar-refractivity contribution in [2.45, 2.75) is 6.92 Å². The quantitative estimate of drug-likeness (QED) is 0.850. The molecule has 0 atom stereocenters. The average molecular weight is 301 g/mol. The van der Waals surface area contributed by atoms with Crippen molar-refractivity contribution >= 4 is 16.8 Å². The fraction of sp³-hybridized carbons (Fsp3) is 0.471. The number of aromatic nitrogens is 1. The Kier molecular flexibility index (Phi) is 3.83. The third-order valence-electron chi connectivity index (χ3n) is 4.70. The predicted octanol–water partition coefficient (Wildman–Crippen LogP) is 1.88. The van der Waals surface area contributed by atoms with Crippen LogP contribution in [-0.2, 0) is 7.05 Å². The van der Waals surface area contributed by atoms with Crippen molar-refractivity contribution in [2.75, 3.05) is 40.3 Å². The molecule has 3 rings (SSSR count). The first-order valence-corrected chi connectivity index (χ1v) is 7.63. The van der Waals surface area contributed by atoms with Gasteiger partial charge in [-0.1, -0.05) is 0 Å². The third kappa shape index (κ3) is 2.35. The molecule has 0 spiro atoms. The number of aryl methyl sites for hydroxylation is 1. The number of carbonyl (C=O) groups excluding carboxylic acids is 1. The Bertz CT molecular complexity index is 712. The Labute approximate surface area is 131 Å². The minimum atomic E-state index is 0.129.